The highest BCUT2D eigenvalue weighted by Crippen LogP contribution is 2.21. The summed E-state index contributed by atoms with van der Waals surface area (Å²) in [4.78, 5) is 0.904. The average molecular weight is 239 g/mol. The number of benzene rings is 1. The van der Waals surface area contributed by atoms with Gasteiger partial charge in [0.25, 0.3) is 0 Å². The highest BCUT2D eigenvalue weighted by molar-refractivity contribution is 7.85. The van der Waals surface area contributed by atoms with Gasteiger partial charge >= 0.3 is 0 Å². The molecule has 16 heavy (non-hydrogen) atoms. The topological polar surface area (TPSA) is 52.3 Å². The van der Waals surface area contributed by atoms with Gasteiger partial charge in [-0.2, -0.15) is 0 Å². The quantitative estimate of drug-likeness (QED) is 0.817. The van der Waals surface area contributed by atoms with Crippen LogP contribution in [0.1, 0.15) is 12.0 Å². The van der Waals surface area contributed by atoms with Crippen molar-refractivity contribution < 1.29 is 8.95 Å². The first-order chi connectivity index (χ1) is 7.66. The van der Waals surface area contributed by atoms with E-state index >= 15 is 0 Å². The van der Waals surface area contributed by atoms with Crippen molar-refractivity contribution in [3.63, 3.8) is 0 Å². The molecule has 1 aliphatic heterocycles. The van der Waals surface area contributed by atoms with Gasteiger partial charge in [-0.05, 0) is 43.0 Å². The summed E-state index contributed by atoms with van der Waals surface area (Å²) in [6, 6.07) is 5.56. The zero-order valence-corrected chi connectivity index (χ0v) is 10.3. The first-order valence-electron chi connectivity index (χ1n) is 5.49. The number of aryl methyl sites for hydroxylation is 1. The third-order valence-electron chi connectivity index (χ3n) is 2.86. The van der Waals surface area contributed by atoms with Crippen molar-refractivity contribution in [1.29, 1.82) is 0 Å². The highest BCUT2D eigenvalue weighted by atomic mass is 32.2. The molecule has 0 aromatic heterocycles. The molecule has 1 fully saturated rings. The lowest BCUT2D eigenvalue weighted by Crippen LogP contribution is -2.12. The number of rotatable bonds is 3. The van der Waals surface area contributed by atoms with Gasteiger partial charge in [-0.25, -0.2) is 0 Å². The van der Waals surface area contributed by atoms with E-state index in [1.54, 1.807) is 0 Å². The Morgan fingerprint density at radius 1 is 1.56 bits per heavy atom. The molecule has 2 N–H and O–H groups in total. The Balaban J connectivity index is 2.08. The maximum atomic E-state index is 12.1. The van der Waals surface area contributed by atoms with E-state index in [-0.39, 0.29) is 0 Å². The number of anilines is 1. The molecule has 88 valence electrons. The van der Waals surface area contributed by atoms with Crippen LogP contribution in [0.4, 0.5) is 5.69 Å². The van der Waals surface area contributed by atoms with Crippen LogP contribution >= 0.6 is 0 Å². The van der Waals surface area contributed by atoms with Crippen molar-refractivity contribution in [2.45, 2.75) is 18.2 Å². The summed E-state index contributed by atoms with van der Waals surface area (Å²) < 4.78 is 17.4. The van der Waals surface area contributed by atoms with E-state index < -0.39 is 10.8 Å². The molecule has 1 heterocycles. The predicted molar refractivity (Wildman–Crippen MR) is 65.8 cm³/mol. The van der Waals surface area contributed by atoms with Gasteiger partial charge in [-0.1, -0.05) is 0 Å². The number of nitrogen functional groups attached to an aromatic ring is 1. The predicted octanol–water partition coefficient (Wildman–Crippen LogP) is 1.72. The second kappa shape index (κ2) is 4.97. The minimum absolute atomic E-state index is 0.442. The number of nitrogens with two attached hydrogens (primary N) is 1. The van der Waals surface area contributed by atoms with E-state index in [4.69, 9.17) is 10.5 Å². The molecule has 0 radical (unpaired) electrons. The fourth-order valence-corrected chi connectivity index (χ4v) is 3.46. The van der Waals surface area contributed by atoms with E-state index in [9.17, 15) is 4.21 Å². The van der Waals surface area contributed by atoms with E-state index in [1.807, 2.05) is 25.1 Å². The van der Waals surface area contributed by atoms with Crippen LogP contribution < -0.4 is 5.73 Å². The molecule has 2 unspecified atom stereocenters. The largest absolute Gasteiger partial charge is 0.399 e. The summed E-state index contributed by atoms with van der Waals surface area (Å²) >= 11 is 0. The van der Waals surface area contributed by atoms with Crippen LogP contribution in [-0.2, 0) is 15.5 Å². The molecule has 4 heteroatoms. The highest BCUT2D eigenvalue weighted by Gasteiger charge is 2.19. The smallest absolute Gasteiger partial charge is 0.0535 e. The third kappa shape index (κ3) is 2.62. The number of ether oxygens (including phenoxy) is 1. The molecule has 2 rings (SSSR count). The Bertz CT molecular complexity index is 400. The molecule has 0 spiro atoms. The van der Waals surface area contributed by atoms with Gasteiger partial charge in [-0.3, -0.25) is 4.21 Å². The molecule has 0 bridgehead atoms. The second-order valence-corrected chi connectivity index (χ2v) is 5.73. The Labute approximate surface area is 98.4 Å². The van der Waals surface area contributed by atoms with Crippen molar-refractivity contribution in [2.75, 3.05) is 24.7 Å². The van der Waals surface area contributed by atoms with Crippen molar-refractivity contribution in [3.8, 4) is 0 Å². The molecular weight excluding hydrogens is 222 g/mol. The minimum Gasteiger partial charge on any atom is -0.399 e. The SMILES string of the molecule is Cc1cc(N)ccc1S(=O)CC1CCOC1. The van der Waals surface area contributed by atoms with E-state index in [1.165, 1.54) is 0 Å². The summed E-state index contributed by atoms with van der Waals surface area (Å²) in [5.41, 5.74) is 7.41. The molecule has 0 amide bonds. The minimum atomic E-state index is -0.929. The van der Waals surface area contributed by atoms with E-state index in [0.717, 1.165) is 35.8 Å². The Morgan fingerprint density at radius 3 is 3.00 bits per heavy atom. The standard InChI is InChI=1S/C12H17NO2S/c1-9-6-11(13)2-3-12(9)16(14)8-10-4-5-15-7-10/h2-3,6,10H,4-5,7-8,13H2,1H3. The average Bonchev–Trinajstić information content (AvgIpc) is 2.70. The zero-order valence-electron chi connectivity index (χ0n) is 9.44. The molecule has 1 saturated heterocycles. The molecule has 1 aromatic rings. The zero-order chi connectivity index (χ0) is 11.5. The molecule has 0 saturated carbocycles. The monoisotopic (exact) mass is 239 g/mol. The summed E-state index contributed by atoms with van der Waals surface area (Å²) in [5, 5.41) is 0. The van der Waals surface area contributed by atoms with Gasteiger partial charge < -0.3 is 10.5 Å². The van der Waals surface area contributed by atoms with Gasteiger partial charge in [0.15, 0.2) is 0 Å². The first-order valence-corrected chi connectivity index (χ1v) is 6.81. The molecule has 3 nitrogen and oxygen atoms in total. The number of hydrogen-bond acceptors (Lipinski definition) is 3. The van der Waals surface area contributed by atoms with Crippen LogP contribution in [0.3, 0.4) is 0 Å². The molecule has 1 aliphatic rings. The first kappa shape index (κ1) is 11.6. The van der Waals surface area contributed by atoms with Gasteiger partial charge in [0.2, 0.25) is 0 Å². The fraction of sp³-hybridized carbons (Fsp3) is 0.500. The van der Waals surface area contributed by atoms with Gasteiger partial charge in [-0.15, -0.1) is 0 Å². The van der Waals surface area contributed by atoms with Crippen LogP contribution in [0, 0.1) is 12.8 Å². The Hall–Kier alpha value is -0.870. The maximum absolute atomic E-state index is 12.1. The van der Waals surface area contributed by atoms with E-state index in [0.29, 0.717) is 11.7 Å². The third-order valence-corrected chi connectivity index (χ3v) is 4.58. The van der Waals surface area contributed by atoms with Crippen molar-refractivity contribution in [2.24, 2.45) is 5.92 Å². The van der Waals surface area contributed by atoms with Gasteiger partial charge in [0.1, 0.15) is 0 Å². The molecule has 2 atom stereocenters. The fourth-order valence-electron chi connectivity index (χ4n) is 1.95. The summed E-state index contributed by atoms with van der Waals surface area (Å²) in [5.74, 6) is 1.14. The maximum Gasteiger partial charge on any atom is 0.0535 e. The summed E-state index contributed by atoms with van der Waals surface area (Å²) in [7, 11) is -0.929. The summed E-state index contributed by atoms with van der Waals surface area (Å²) in [6.07, 6.45) is 1.03. The van der Waals surface area contributed by atoms with Gasteiger partial charge in [0, 0.05) is 22.9 Å². The normalized spacial score (nSPS) is 22.2. The van der Waals surface area contributed by atoms with Crippen LogP contribution in [0.25, 0.3) is 0 Å². The van der Waals surface area contributed by atoms with Crippen LogP contribution in [0.2, 0.25) is 0 Å². The van der Waals surface area contributed by atoms with E-state index in [2.05, 4.69) is 0 Å². The Kier molecular flexibility index (Phi) is 3.61. The lowest BCUT2D eigenvalue weighted by molar-refractivity contribution is 0.189. The lowest BCUT2D eigenvalue weighted by atomic mass is 10.2. The van der Waals surface area contributed by atoms with Crippen molar-refractivity contribution in [1.82, 2.24) is 0 Å². The van der Waals surface area contributed by atoms with Gasteiger partial charge in [0.05, 0.1) is 17.4 Å². The van der Waals surface area contributed by atoms with Crippen molar-refractivity contribution >= 4 is 16.5 Å². The second-order valence-electron chi connectivity index (χ2n) is 4.27. The molecular formula is C12H17NO2S. The lowest BCUT2D eigenvalue weighted by Gasteiger charge is -2.10. The van der Waals surface area contributed by atoms with Crippen molar-refractivity contribution in [3.05, 3.63) is 23.8 Å². The molecule has 1 aromatic carbocycles. The Morgan fingerprint density at radius 2 is 2.38 bits per heavy atom. The van der Waals surface area contributed by atoms with Crippen LogP contribution in [0.15, 0.2) is 23.1 Å². The summed E-state index contributed by atoms with van der Waals surface area (Å²) in [6.45, 7) is 3.51. The number of hydrogen-bond donors (Lipinski definition) is 1. The molecule has 0 aliphatic carbocycles. The van der Waals surface area contributed by atoms with Crippen LogP contribution in [-0.4, -0.2) is 23.2 Å². The van der Waals surface area contributed by atoms with Crippen LogP contribution in [0.5, 0.6) is 0 Å².